The third-order valence-corrected chi connectivity index (χ3v) is 3.21. The Hall–Kier alpha value is -1.83. The molecule has 1 atom stereocenters. The standard InChI is InChI=1S/C13H19N3O4S/c1-13(2,3)20-12(19)16-10(11(17)18)8-21-7-9-6-14-4-5-15-9/h4-6,10H,7-8H2,1-3H3,(H,16,19)(H,17,18)/t10-/m0/s1. The number of thioether (sulfide) groups is 1. The summed E-state index contributed by atoms with van der Waals surface area (Å²) in [4.78, 5) is 30.7. The summed E-state index contributed by atoms with van der Waals surface area (Å²) in [6.07, 6.45) is 4.02. The number of nitrogens with one attached hydrogen (secondary N) is 1. The number of aromatic nitrogens is 2. The van der Waals surface area contributed by atoms with Gasteiger partial charge in [0.2, 0.25) is 0 Å². The number of hydrogen-bond donors (Lipinski definition) is 2. The molecule has 116 valence electrons. The lowest BCUT2D eigenvalue weighted by Gasteiger charge is -2.21. The maximum Gasteiger partial charge on any atom is 0.408 e. The van der Waals surface area contributed by atoms with E-state index in [1.165, 1.54) is 11.8 Å². The number of hydrogen-bond acceptors (Lipinski definition) is 6. The second-order valence-electron chi connectivity index (χ2n) is 5.25. The summed E-state index contributed by atoms with van der Waals surface area (Å²) in [6, 6.07) is -1.01. The van der Waals surface area contributed by atoms with Gasteiger partial charge in [0.15, 0.2) is 0 Å². The molecule has 0 aliphatic carbocycles. The van der Waals surface area contributed by atoms with Crippen molar-refractivity contribution in [3.05, 3.63) is 24.3 Å². The molecule has 0 saturated heterocycles. The van der Waals surface area contributed by atoms with Gasteiger partial charge >= 0.3 is 12.1 Å². The molecule has 0 fully saturated rings. The second kappa shape index (κ2) is 7.82. The number of aliphatic carboxylic acids is 1. The van der Waals surface area contributed by atoms with Crippen LogP contribution in [0.3, 0.4) is 0 Å². The van der Waals surface area contributed by atoms with E-state index in [9.17, 15) is 9.59 Å². The zero-order valence-electron chi connectivity index (χ0n) is 12.2. The summed E-state index contributed by atoms with van der Waals surface area (Å²) in [5.74, 6) is -0.369. The molecule has 0 radical (unpaired) electrons. The molecule has 0 bridgehead atoms. The minimum Gasteiger partial charge on any atom is -0.480 e. The Morgan fingerprint density at radius 2 is 2.14 bits per heavy atom. The number of alkyl carbamates (subject to hydrolysis) is 1. The van der Waals surface area contributed by atoms with Gasteiger partial charge in [0.05, 0.1) is 5.69 Å². The number of amides is 1. The first kappa shape index (κ1) is 17.2. The average molecular weight is 313 g/mol. The zero-order valence-corrected chi connectivity index (χ0v) is 13.0. The fourth-order valence-electron chi connectivity index (χ4n) is 1.31. The first-order valence-electron chi connectivity index (χ1n) is 6.33. The van der Waals surface area contributed by atoms with Gasteiger partial charge in [-0.3, -0.25) is 9.97 Å². The van der Waals surface area contributed by atoms with E-state index < -0.39 is 23.7 Å². The van der Waals surface area contributed by atoms with Gasteiger partial charge in [-0.25, -0.2) is 9.59 Å². The van der Waals surface area contributed by atoms with Crippen LogP contribution < -0.4 is 5.32 Å². The monoisotopic (exact) mass is 313 g/mol. The van der Waals surface area contributed by atoms with Crippen LogP contribution in [0.2, 0.25) is 0 Å². The molecule has 1 amide bonds. The van der Waals surface area contributed by atoms with Crippen LogP contribution in [0.5, 0.6) is 0 Å². The van der Waals surface area contributed by atoms with Gasteiger partial charge in [-0.05, 0) is 20.8 Å². The molecule has 21 heavy (non-hydrogen) atoms. The number of carboxylic acids is 1. The van der Waals surface area contributed by atoms with Gasteiger partial charge in [0.1, 0.15) is 11.6 Å². The molecule has 0 unspecified atom stereocenters. The fourth-order valence-corrected chi connectivity index (χ4v) is 2.25. The van der Waals surface area contributed by atoms with Crippen LogP contribution in [-0.4, -0.2) is 44.5 Å². The summed E-state index contributed by atoms with van der Waals surface area (Å²) in [7, 11) is 0. The third kappa shape index (κ3) is 7.50. The molecule has 0 spiro atoms. The average Bonchev–Trinajstić information content (AvgIpc) is 2.36. The van der Waals surface area contributed by atoms with Crippen molar-refractivity contribution in [1.29, 1.82) is 0 Å². The second-order valence-corrected chi connectivity index (χ2v) is 6.28. The predicted octanol–water partition coefficient (Wildman–Crippen LogP) is 1.69. The first-order chi connectivity index (χ1) is 9.78. The predicted molar refractivity (Wildman–Crippen MR) is 79.0 cm³/mol. The quantitative estimate of drug-likeness (QED) is 0.824. The van der Waals surface area contributed by atoms with Gasteiger partial charge in [-0.2, -0.15) is 11.8 Å². The van der Waals surface area contributed by atoms with Crippen LogP contribution in [0.1, 0.15) is 26.5 Å². The van der Waals surface area contributed by atoms with E-state index in [4.69, 9.17) is 9.84 Å². The highest BCUT2D eigenvalue weighted by molar-refractivity contribution is 7.98. The number of nitrogens with zero attached hydrogens (tertiary/aromatic N) is 2. The number of carbonyl (C=O) groups excluding carboxylic acids is 1. The molecule has 1 rings (SSSR count). The normalized spacial score (nSPS) is 12.5. The zero-order chi connectivity index (χ0) is 15.9. The van der Waals surface area contributed by atoms with Gasteiger partial charge < -0.3 is 15.2 Å². The molecule has 1 aromatic rings. The molecular weight excluding hydrogens is 294 g/mol. The van der Waals surface area contributed by atoms with E-state index in [1.807, 2.05) is 0 Å². The van der Waals surface area contributed by atoms with Crippen molar-refractivity contribution in [2.45, 2.75) is 38.2 Å². The molecule has 1 heterocycles. The van der Waals surface area contributed by atoms with Crippen molar-refractivity contribution in [3.63, 3.8) is 0 Å². The Kier molecular flexibility index (Phi) is 6.41. The Balaban J connectivity index is 2.43. The number of rotatable bonds is 6. The Morgan fingerprint density at radius 1 is 1.43 bits per heavy atom. The van der Waals surface area contributed by atoms with Crippen molar-refractivity contribution in [2.75, 3.05) is 5.75 Å². The number of carboxylic acid groups (broad SMARTS) is 1. The molecule has 1 aromatic heterocycles. The first-order valence-corrected chi connectivity index (χ1v) is 7.48. The van der Waals surface area contributed by atoms with Crippen molar-refractivity contribution in [3.8, 4) is 0 Å². The minimum atomic E-state index is -1.10. The highest BCUT2D eigenvalue weighted by atomic mass is 32.2. The minimum absolute atomic E-state index is 0.213. The molecule has 7 nitrogen and oxygen atoms in total. The summed E-state index contributed by atoms with van der Waals surface area (Å²) in [6.45, 7) is 5.14. The number of ether oxygens (including phenoxy) is 1. The maximum atomic E-state index is 11.6. The van der Waals surface area contributed by atoms with Crippen molar-refractivity contribution in [1.82, 2.24) is 15.3 Å². The lowest BCUT2D eigenvalue weighted by atomic mass is 10.2. The molecule has 0 aliphatic rings. The smallest absolute Gasteiger partial charge is 0.408 e. The fraction of sp³-hybridized carbons (Fsp3) is 0.538. The van der Waals surface area contributed by atoms with E-state index in [-0.39, 0.29) is 5.75 Å². The topological polar surface area (TPSA) is 101 Å². The largest absolute Gasteiger partial charge is 0.480 e. The summed E-state index contributed by atoms with van der Waals surface area (Å²) in [5, 5.41) is 11.4. The van der Waals surface area contributed by atoms with Crippen LogP contribution in [0.25, 0.3) is 0 Å². The van der Waals surface area contributed by atoms with Crippen molar-refractivity contribution >= 4 is 23.8 Å². The lowest BCUT2D eigenvalue weighted by molar-refractivity contribution is -0.138. The number of carbonyl (C=O) groups is 2. The molecule has 0 aromatic carbocycles. The van der Waals surface area contributed by atoms with E-state index in [2.05, 4.69) is 15.3 Å². The highest BCUT2D eigenvalue weighted by Gasteiger charge is 2.23. The van der Waals surface area contributed by atoms with Crippen molar-refractivity contribution < 1.29 is 19.4 Å². The Bertz CT molecular complexity index is 476. The lowest BCUT2D eigenvalue weighted by Crippen LogP contribution is -2.44. The molecule has 0 aliphatic heterocycles. The summed E-state index contributed by atoms with van der Waals surface area (Å²) < 4.78 is 5.04. The summed E-state index contributed by atoms with van der Waals surface area (Å²) >= 11 is 1.35. The van der Waals surface area contributed by atoms with E-state index >= 15 is 0 Å². The van der Waals surface area contributed by atoms with E-state index in [0.29, 0.717) is 5.75 Å². The Labute approximate surface area is 127 Å². The highest BCUT2D eigenvalue weighted by Crippen LogP contribution is 2.11. The van der Waals surface area contributed by atoms with Crippen LogP contribution in [-0.2, 0) is 15.3 Å². The van der Waals surface area contributed by atoms with Crippen molar-refractivity contribution in [2.24, 2.45) is 0 Å². The van der Waals surface area contributed by atoms with Gasteiger partial charge in [-0.1, -0.05) is 0 Å². The Morgan fingerprint density at radius 3 is 2.67 bits per heavy atom. The van der Waals surface area contributed by atoms with Crippen LogP contribution >= 0.6 is 11.8 Å². The van der Waals surface area contributed by atoms with E-state index in [0.717, 1.165) is 5.69 Å². The molecule has 8 heteroatoms. The van der Waals surface area contributed by atoms with Crippen LogP contribution in [0.4, 0.5) is 4.79 Å². The molecular formula is C13H19N3O4S. The SMILES string of the molecule is CC(C)(C)OC(=O)N[C@@H](CSCc1cnccn1)C(=O)O. The van der Waals surface area contributed by atoms with Crippen LogP contribution in [0.15, 0.2) is 18.6 Å². The van der Waals surface area contributed by atoms with Gasteiger partial charge in [0, 0.05) is 30.1 Å². The maximum absolute atomic E-state index is 11.6. The van der Waals surface area contributed by atoms with Gasteiger partial charge in [0.25, 0.3) is 0 Å². The third-order valence-electron chi connectivity index (χ3n) is 2.14. The molecule has 0 saturated carbocycles. The van der Waals surface area contributed by atoms with Gasteiger partial charge in [-0.15, -0.1) is 0 Å². The summed E-state index contributed by atoms with van der Waals surface area (Å²) in [5.41, 5.74) is 0.0869. The van der Waals surface area contributed by atoms with E-state index in [1.54, 1.807) is 39.4 Å². The van der Waals surface area contributed by atoms with Crippen LogP contribution in [0, 0.1) is 0 Å². The molecule has 2 N–H and O–H groups in total.